The number of hydrogen-bond acceptors (Lipinski definition) is 2. The number of ether oxygens (including phenoxy) is 1. The van der Waals surface area contributed by atoms with Gasteiger partial charge in [0.1, 0.15) is 17.2 Å². The molecule has 2 nitrogen and oxygen atoms in total. The van der Waals surface area contributed by atoms with Gasteiger partial charge in [-0.3, -0.25) is 0 Å². The maximum atomic E-state index is 13.5. The standard InChI is InChI=1S/C18H20FNO/c1-12-5-4-6-13(9-12)18(2)11-16(20-3)15-8-7-14(19)10-17(15)21-18/h4-10,16,20H,11H2,1-3H3. The van der Waals surface area contributed by atoms with E-state index in [0.29, 0.717) is 5.75 Å². The van der Waals surface area contributed by atoms with Gasteiger partial charge in [-0.15, -0.1) is 0 Å². The predicted molar refractivity (Wildman–Crippen MR) is 82.0 cm³/mol. The Bertz CT molecular complexity index is 670. The van der Waals surface area contributed by atoms with Crippen molar-refractivity contribution in [1.29, 1.82) is 0 Å². The monoisotopic (exact) mass is 285 g/mol. The lowest BCUT2D eigenvalue weighted by Gasteiger charge is -2.40. The lowest BCUT2D eigenvalue weighted by atomic mass is 9.83. The molecular formula is C18H20FNO. The number of nitrogens with one attached hydrogen (secondary N) is 1. The molecule has 0 fully saturated rings. The summed E-state index contributed by atoms with van der Waals surface area (Å²) in [6.07, 6.45) is 0.811. The average molecular weight is 285 g/mol. The second-order valence-electron chi connectivity index (χ2n) is 5.93. The summed E-state index contributed by atoms with van der Waals surface area (Å²) in [7, 11) is 1.93. The van der Waals surface area contributed by atoms with Crippen molar-refractivity contribution in [3.05, 3.63) is 65.0 Å². The Morgan fingerprint density at radius 2 is 2.05 bits per heavy atom. The minimum Gasteiger partial charge on any atom is -0.482 e. The van der Waals surface area contributed by atoms with E-state index >= 15 is 0 Å². The molecule has 1 heterocycles. The third-order valence-corrected chi connectivity index (χ3v) is 4.26. The first kappa shape index (κ1) is 14.1. The number of halogens is 1. The fourth-order valence-electron chi connectivity index (χ4n) is 3.08. The molecule has 0 aliphatic carbocycles. The van der Waals surface area contributed by atoms with Gasteiger partial charge in [-0.1, -0.05) is 35.9 Å². The van der Waals surface area contributed by atoms with E-state index in [1.54, 1.807) is 0 Å². The number of aryl methyl sites for hydroxylation is 1. The van der Waals surface area contributed by atoms with Crippen LogP contribution in [0.25, 0.3) is 0 Å². The lowest BCUT2D eigenvalue weighted by Crippen LogP contribution is -2.39. The first-order valence-electron chi connectivity index (χ1n) is 7.25. The minimum absolute atomic E-state index is 0.153. The Hall–Kier alpha value is -1.87. The van der Waals surface area contributed by atoms with E-state index in [0.717, 1.165) is 17.5 Å². The molecule has 0 spiro atoms. The molecule has 1 aliphatic heterocycles. The molecule has 2 atom stereocenters. The Morgan fingerprint density at radius 3 is 2.76 bits per heavy atom. The topological polar surface area (TPSA) is 21.3 Å². The van der Waals surface area contributed by atoms with Crippen LogP contribution in [-0.4, -0.2) is 7.05 Å². The normalized spacial score (nSPS) is 24.3. The summed E-state index contributed by atoms with van der Waals surface area (Å²) in [4.78, 5) is 0. The van der Waals surface area contributed by atoms with Gasteiger partial charge in [0.05, 0.1) is 0 Å². The van der Waals surface area contributed by atoms with Gasteiger partial charge in [-0.2, -0.15) is 0 Å². The molecule has 0 aromatic heterocycles. The highest BCUT2D eigenvalue weighted by molar-refractivity contribution is 5.41. The molecule has 0 amide bonds. The van der Waals surface area contributed by atoms with E-state index in [9.17, 15) is 4.39 Å². The molecular weight excluding hydrogens is 265 g/mol. The number of rotatable bonds is 2. The van der Waals surface area contributed by atoms with Crippen molar-refractivity contribution < 1.29 is 9.13 Å². The molecule has 1 N–H and O–H groups in total. The van der Waals surface area contributed by atoms with Crippen LogP contribution in [0, 0.1) is 12.7 Å². The van der Waals surface area contributed by atoms with Crippen molar-refractivity contribution in [2.45, 2.75) is 31.9 Å². The highest BCUT2D eigenvalue weighted by Crippen LogP contribution is 2.44. The molecule has 2 aromatic rings. The number of fused-ring (bicyclic) bond motifs is 1. The summed E-state index contributed by atoms with van der Waals surface area (Å²) < 4.78 is 19.7. The molecule has 0 saturated carbocycles. The maximum absolute atomic E-state index is 13.5. The fourth-order valence-corrected chi connectivity index (χ4v) is 3.08. The van der Waals surface area contributed by atoms with Crippen molar-refractivity contribution in [2.75, 3.05) is 7.05 Å². The van der Waals surface area contributed by atoms with Crippen LogP contribution in [0.15, 0.2) is 42.5 Å². The van der Waals surface area contributed by atoms with E-state index in [1.165, 1.54) is 17.7 Å². The molecule has 0 bridgehead atoms. The Labute approximate surface area is 125 Å². The van der Waals surface area contributed by atoms with Crippen molar-refractivity contribution in [3.63, 3.8) is 0 Å². The molecule has 1 aliphatic rings. The zero-order chi connectivity index (χ0) is 15.0. The molecule has 0 saturated heterocycles. The van der Waals surface area contributed by atoms with Gasteiger partial charge in [0.15, 0.2) is 0 Å². The Kier molecular flexibility index (Phi) is 3.46. The first-order valence-corrected chi connectivity index (χ1v) is 7.25. The van der Waals surface area contributed by atoms with Crippen molar-refractivity contribution >= 4 is 0 Å². The summed E-state index contributed by atoms with van der Waals surface area (Å²) in [5.41, 5.74) is 2.88. The molecule has 3 heteroatoms. The van der Waals surface area contributed by atoms with Crippen LogP contribution in [0.4, 0.5) is 4.39 Å². The van der Waals surface area contributed by atoms with Crippen molar-refractivity contribution in [2.24, 2.45) is 0 Å². The number of benzene rings is 2. The second-order valence-corrected chi connectivity index (χ2v) is 5.93. The molecule has 0 radical (unpaired) electrons. The van der Waals surface area contributed by atoms with Crippen LogP contribution in [0.1, 0.15) is 36.1 Å². The summed E-state index contributed by atoms with van der Waals surface area (Å²) in [5.74, 6) is 0.363. The van der Waals surface area contributed by atoms with E-state index < -0.39 is 5.60 Å². The Morgan fingerprint density at radius 1 is 1.24 bits per heavy atom. The smallest absolute Gasteiger partial charge is 0.133 e. The number of hydrogen-bond donors (Lipinski definition) is 1. The zero-order valence-electron chi connectivity index (χ0n) is 12.6. The van der Waals surface area contributed by atoms with E-state index in [-0.39, 0.29) is 11.9 Å². The SMILES string of the molecule is CNC1CC(C)(c2cccc(C)c2)Oc2cc(F)ccc21. The summed E-state index contributed by atoms with van der Waals surface area (Å²) in [6.45, 7) is 4.14. The second kappa shape index (κ2) is 5.15. The zero-order valence-corrected chi connectivity index (χ0v) is 12.6. The van der Waals surface area contributed by atoms with Gasteiger partial charge >= 0.3 is 0 Å². The first-order chi connectivity index (χ1) is 10.0. The van der Waals surface area contributed by atoms with E-state index in [4.69, 9.17) is 4.74 Å². The van der Waals surface area contributed by atoms with Crippen LogP contribution < -0.4 is 10.1 Å². The van der Waals surface area contributed by atoms with Crippen LogP contribution in [0.2, 0.25) is 0 Å². The fraction of sp³-hybridized carbons (Fsp3) is 0.333. The van der Waals surface area contributed by atoms with Gasteiger partial charge in [-0.25, -0.2) is 4.39 Å². The molecule has 110 valence electrons. The quantitative estimate of drug-likeness (QED) is 0.897. The Balaban J connectivity index is 2.06. The third-order valence-electron chi connectivity index (χ3n) is 4.26. The van der Waals surface area contributed by atoms with Gasteiger partial charge in [-0.05, 0) is 32.5 Å². The van der Waals surface area contributed by atoms with Gasteiger partial charge in [0.25, 0.3) is 0 Å². The molecule has 2 unspecified atom stereocenters. The maximum Gasteiger partial charge on any atom is 0.133 e. The lowest BCUT2D eigenvalue weighted by molar-refractivity contribution is 0.0456. The molecule has 21 heavy (non-hydrogen) atoms. The van der Waals surface area contributed by atoms with E-state index in [2.05, 4.69) is 37.4 Å². The predicted octanol–water partition coefficient (Wildman–Crippen LogP) is 4.09. The largest absolute Gasteiger partial charge is 0.482 e. The van der Waals surface area contributed by atoms with Crippen LogP contribution in [0.5, 0.6) is 5.75 Å². The average Bonchev–Trinajstić information content (AvgIpc) is 2.46. The summed E-state index contributed by atoms with van der Waals surface area (Å²) in [6, 6.07) is 13.2. The third kappa shape index (κ3) is 2.54. The minimum atomic E-state index is -0.458. The van der Waals surface area contributed by atoms with Crippen molar-refractivity contribution in [3.8, 4) is 5.75 Å². The van der Waals surface area contributed by atoms with Crippen LogP contribution >= 0.6 is 0 Å². The van der Waals surface area contributed by atoms with Crippen LogP contribution in [-0.2, 0) is 5.60 Å². The molecule has 2 aromatic carbocycles. The highest BCUT2D eigenvalue weighted by Gasteiger charge is 2.38. The molecule has 3 rings (SSSR count). The summed E-state index contributed by atoms with van der Waals surface area (Å²) in [5, 5.41) is 3.32. The van der Waals surface area contributed by atoms with Crippen LogP contribution in [0.3, 0.4) is 0 Å². The van der Waals surface area contributed by atoms with Gasteiger partial charge < -0.3 is 10.1 Å². The summed E-state index contributed by atoms with van der Waals surface area (Å²) >= 11 is 0. The van der Waals surface area contributed by atoms with E-state index in [1.807, 2.05) is 19.2 Å². The highest BCUT2D eigenvalue weighted by atomic mass is 19.1. The van der Waals surface area contributed by atoms with Gasteiger partial charge in [0, 0.05) is 24.1 Å². The van der Waals surface area contributed by atoms with Gasteiger partial charge in [0.2, 0.25) is 0 Å². The van der Waals surface area contributed by atoms with Crippen molar-refractivity contribution in [1.82, 2.24) is 5.32 Å².